The first kappa shape index (κ1) is 16.5. The second-order valence-corrected chi connectivity index (χ2v) is 5.66. The molecule has 0 spiro atoms. The molecule has 108 valence electrons. The zero-order chi connectivity index (χ0) is 14.3. The van der Waals surface area contributed by atoms with Crippen molar-refractivity contribution >= 4 is 11.6 Å². The Hall–Kier alpha value is -0.570. The molecule has 2 unspecified atom stereocenters. The Morgan fingerprint density at radius 2 is 1.89 bits per heavy atom. The van der Waals surface area contributed by atoms with Gasteiger partial charge in [-0.3, -0.25) is 4.90 Å². The molecule has 3 heteroatoms. The molecule has 0 aliphatic heterocycles. The van der Waals surface area contributed by atoms with Crippen molar-refractivity contribution in [2.45, 2.75) is 45.7 Å². The van der Waals surface area contributed by atoms with Crippen LogP contribution in [0.15, 0.2) is 24.3 Å². The van der Waals surface area contributed by atoms with E-state index in [0.717, 1.165) is 24.5 Å². The second-order valence-electron chi connectivity index (χ2n) is 5.25. The fourth-order valence-electron chi connectivity index (χ4n) is 2.23. The molecular formula is C16H27ClN2. The third-order valence-electron chi connectivity index (χ3n) is 3.83. The van der Waals surface area contributed by atoms with Gasteiger partial charge in [-0.05, 0) is 58.5 Å². The zero-order valence-corrected chi connectivity index (χ0v) is 13.4. The molecule has 19 heavy (non-hydrogen) atoms. The molecule has 1 aromatic carbocycles. The lowest BCUT2D eigenvalue weighted by molar-refractivity contribution is 0.188. The monoisotopic (exact) mass is 282 g/mol. The summed E-state index contributed by atoms with van der Waals surface area (Å²) in [5.74, 6) is 0. The van der Waals surface area contributed by atoms with E-state index in [2.05, 4.69) is 50.2 Å². The van der Waals surface area contributed by atoms with Crippen molar-refractivity contribution in [1.29, 1.82) is 0 Å². The van der Waals surface area contributed by atoms with Crippen molar-refractivity contribution in [2.24, 2.45) is 0 Å². The molecule has 1 aromatic rings. The smallest absolute Gasteiger partial charge is 0.0453 e. The summed E-state index contributed by atoms with van der Waals surface area (Å²) in [6.45, 7) is 8.88. The second kappa shape index (κ2) is 8.57. The minimum absolute atomic E-state index is 0.342. The number of nitrogens with zero attached hydrogens (tertiary/aromatic N) is 1. The largest absolute Gasteiger partial charge is 0.317 e. The molecule has 2 atom stereocenters. The topological polar surface area (TPSA) is 15.3 Å². The van der Waals surface area contributed by atoms with E-state index in [4.69, 9.17) is 11.6 Å². The molecule has 0 aliphatic rings. The van der Waals surface area contributed by atoms with Gasteiger partial charge in [-0.15, -0.1) is 0 Å². The summed E-state index contributed by atoms with van der Waals surface area (Å²) < 4.78 is 0. The summed E-state index contributed by atoms with van der Waals surface area (Å²) in [6.07, 6.45) is 2.35. The maximum absolute atomic E-state index is 6.27. The van der Waals surface area contributed by atoms with Crippen molar-refractivity contribution in [1.82, 2.24) is 10.2 Å². The van der Waals surface area contributed by atoms with E-state index in [-0.39, 0.29) is 0 Å². The number of hydrogen-bond acceptors (Lipinski definition) is 2. The molecule has 0 saturated heterocycles. The Kier molecular flexibility index (Phi) is 7.44. The molecule has 0 heterocycles. The predicted molar refractivity (Wildman–Crippen MR) is 84.9 cm³/mol. The van der Waals surface area contributed by atoms with Gasteiger partial charge in [-0.25, -0.2) is 0 Å². The van der Waals surface area contributed by atoms with E-state index in [1.807, 2.05) is 12.1 Å². The van der Waals surface area contributed by atoms with Gasteiger partial charge in [-0.2, -0.15) is 0 Å². The van der Waals surface area contributed by atoms with Crippen LogP contribution in [0.25, 0.3) is 0 Å². The summed E-state index contributed by atoms with van der Waals surface area (Å²) in [6, 6.07) is 9.00. The minimum Gasteiger partial charge on any atom is -0.317 e. The molecule has 0 fully saturated rings. The van der Waals surface area contributed by atoms with Gasteiger partial charge in [-0.1, -0.05) is 36.7 Å². The maximum atomic E-state index is 6.27. The Bertz CT molecular complexity index is 368. The van der Waals surface area contributed by atoms with E-state index in [1.165, 1.54) is 12.0 Å². The lowest BCUT2D eigenvalue weighted by Crippen LogP contribution is -2.34. The Balaban J connectivity index is 2.52. The summed E-state index contributed by atoms with van der Waals surface area (Å²) in [5, 5.41) is 4.32. The molecule has 1 N–H and O–H groups in total. The van der Waals surface area contributed by atoms with Crippen LogP contribution in [0.1, 0.15) is 45.2 Å². The molecule has 1 rings (SSSR count). The predicted octanol–water partition coefficient (Wildman–Crippen LogP) is 4.11. The molecule has 0 radical (unpaired) electrons. The van der Waals surface area contributed by atoms with Crippen molar-refractivity contribution in [3.05, 3.63) is 34.9 Å². The summed E-state index contributed by atoms with van der Waals surface area (Å²) in [5.41, 5.74) is 1.21. The number of hydrogen-bond donors (Lipinski definition) is 1. The fraction of sp³-hybridized carbons (Fsp3) is 0.625. The van der Waals surface area contributed by atoms with Gasteiger partial charge in [0, 0.05) is 17.1 Å². The third-order valence-corrected chi connectivity index (χ3v) is 4.17. The van der Waals surface area contributed by atoms with Crippen LogP contribution in [0, 0.1) is 0 Å². The Labute approximate surface area is 123 Å². The van der Waals surface area contributed by atoms with Crippen molar-refractivity contribution in [3.63, 3.8) is 0 Å². The SMILES string of the molecule is CCCNCCC(C)N(C)C(C)c1ccccc1Cl. The normalized spacial score (nSPS) is 14.6. The zero-order valence-electron chi connectivity index (χ0n) is 12.6. The van der Waals surface area contributed by atoms with E-state index in [9.17, 15) is 0 Å². The first-order valence-corrected chi connectivity index (χ1v) is 7.62. The summed E-state index contributed by atoms with van der Waals surface area (Å²) in [7, 11) is 2.18. The van der Waals surface area contributed by atoms with Crippen molar-refractivity contribution in [3.8, 4) is 0 Å². The fourth-order valence-corrected chi connectivity index (χ4v) is 2.53. The Morgan fingerprint density at radius 1 is 1.21 bits per heavy atom. The lowest BCUT2D eigenvalue weighted by Gasteiger charge is -2.31. The van der Waals surface area contributed by atoms with Gasteiger partial charge in [0.1, 0.15) is 0 Å². The van der Waals surface area contributed by atoms with E-state index in [0.29, 0.717) is 12.1 Å². The molecule has 0 aromatic heterocycles. The number of benzene rings is 1. The number of rotatable bonds is 8. The van der Waals surface area contributed by atoms with E-state index < -0.39 is 0 Å². The first-order chi connectivity index (χ1) is 9.07. The first-order valence-electron chi connectivity index (χ1n) is 7.25. The lowest BCUT2D eigenvalue weighted by atomic mass is 10.0. The molecule has 0 amide bonds. The quantitative estimate of drug-likeness (QED) is 0.722. The van der Waals surface area contributed by atoms with Crippen molar-refractivity contribution < 1.29 is 0 Å². The molecule has 0 bridgehead atoms. The third kappa shape index (κ3) is 5.13. The van der Waals surface area contributed by atoms with Crippen molar-refractivity contribution in [2.75, 3.05) is 20.1 Å². The average Bonchev–Trinajstić information content (AvgIpc) is 2.42. The van der Waals surface area contributed by atoms with Crippen LogP contribution >= 0.6 is 11.6 Å². The minimum atomic E-state index is 0.342. The highest BCUT2D eigenvalue weighted by Gasteiger charge is 2.18. The van der Waals surface area contributed by atoms with Crippen LogP contribution in [0.4, 0.5) is 0 Å². The van der Waals surface area contributed by atoms with Crippen LogP contribution < -0.4 is 5.32 Å². The van der Waals surface area contributed by atoms with Gasteiger partial charge in [0.15, 0.2) is 0 Å². The average molecular weight is 283 g/mol. The number of nitrogens with one attached hydrogen (secondary N) is 1. The van der Waals surface area contributed by atoms with Gasteiger partial charge in [0.05, 0.1) is 0 Å². The van der Waals surface area contributed by atoms with Crippen LogP contribution in [0.5, 0.6) is 0 Å². The number of halogens is 1. The van der Waals surface area contributed by atoms with Crippen LogP contribution in [0.3, 0.4) is 0 Å². The van der Waals surface area contributed by atoms with E-state index >= 15 is 0 Å². The Morgan fingerprint density at radius 3 is 2.53 bits per heavy atom. The van der Waals surface area contributed by atoms with Crippen LogP contribution in [0.2, 0.25) is 5.02 Å². The van der Waals surface area contributed by atoms with Gasteiger partial charge in [0.25, 0.3) is 0 Å². The summed E-state index contributed by atoms with van der Waals surface area (Å²) in [4.78, 5) is 2.40. The highest BCUT2D eigenvalue weighted by molar-refractivity contribution is 6.31. The molecular weight excluding hydrogens is 256 g/mol. The molecule has 0 aliphatic carbocycles. The standard InChI is InChI=1S/C16H27ClN2/c1-5-11-18-12-10-13(2)19(4)14(3)15-8-6-7-9-16(15)17/h6-9,13-14,18H,5,10-12H2,1-4H3. The maximum Gasteiger partial charge on any atom is 0.0453 e. The molecule has 2 nitrogen and oxygen atoms in total. The highest BCUT2D eigenvalue weighted by Crippen LogP contribution is 2.27. The van der Waals surface area contributed by atoms with Crippen LogP contribution in [-0.2, 0) is 0 Å². The van der Waals surface area contributed by atoms with Gasteiger partial charge < -0.3 is 5.32 Å². The van der Waals surface area contributed by atoms with Crippen LogP contribution in [-0.4, -0.2) is 31.1 Å². The molecule has 0 saturated carbocycles. The van der Waals surface area contributed by atoms with Gasteiger partial charge >= 0.3 is 0 Å². The van der Waals surface area contributed by atoms with Gasteiger partial charge in [0.2, 0.25) is 0 Å². The van der Waals surface area contributed by atoms with E-state index in [1.54, 1.807) is 0 Å². The highest BCUT2D eigenvalue weighted by atomic mass is 35.5. The summed E-state index contributed by atoms with van der Waals surface area (Å²) >= 11 is 6.27.